The van der Waals surface area contributed by atoms with Crippen molar-refractivity contribution in [2.24, 2.45) is 0 Å². The zero-order valence-electron chi connectivity index (χ0n) is 17.6. The minimum Gasteiger partial charge on any atom is -0.375 e. The number of likely N-dealkylation sites (tertiary alicyclic amines) is 1. The molecule has 7 heteroatoms. The summed E-state index contributed by atoms with van der Waals surface area (Å²) in [5, 5.41) is 0. The number of piperazine rings is 1. The number of anilines is 1. The van der Waals surface area contributed by atoms with E-state index in [1.165, 1.54) is 0 Å². The van der Waals surface area contributed by atoms with Gasteiger partial charge in [-0.25, -0.2) is 0 Å². The summed E-state index contributed by atoms with van der Waals surface area (Å²) < 4.78 is 0. The van der Waals surface area contributed by atoms with Gasteiger partial charge in [-0.1, -0.05) is 13.3 Å². The second-order valence-electron chi connectivity index (χ2n) is 7.91. The molecule has 7 nitrogen and oxygen atoms in total. The van der Waals surface area contributed by atoms with Crippen molar-refractivity contribution in [2.45, 2.75) is 32.6 Å². The maximum Gasteiger partial charge on any atom is 0.312 e. The molecule has 29 heavy (non-hydrogen) atoms. The molecule has 0 spiro atoms. The van der Waals surface area contributed by atoms with Crippen LogP contribution in [0, 0.1) is 0 Å². The Hall–Kier alpha value is -2.57. The van der Waals surface area contributed by atoms with Crippen molar-refractivity contribution in [1.29, 1.82) is 0 Å². The first-order valence-electron chi connectivity index (χ1n) is 10.7. The SMILES string of the molecule is CCCCN(C)c1ccc(C(=O)N2CCN(C(=O)C(=O)N3CCCC3)CC2)cc1. The molecule has 0 aromatic heterocycles. The quantitative estimate of drug-likeness (QED) is 0.708. The Balaban J connectivity index is 1.51. The summed E-state index contributed by atoms with van der Waals surface area (Å²) in [5.41, 5.74) is 1.76. The van der Waals surface area contributed by atoms with Crippen molar-refractivity contribution in [3.8, 4) is 0 Å². The fraction of sp³-hybridized carbons (Fsp3) is 0.591. The van der Waals surface area contributed by atoms with E-state index in [0.29, 0.717) is 44.8 Å². The van der Waals surface area contributed by atoms with Crippen molar-refractivity contribution >= 4 is 23.4 Å². The maximum absolute atomic E-state index is 12.8. The molecule has 2 aliphatic rings. The second kappa shape index (κ2) is 9.76. The molecule has 2 fully saturated rings. The molecule has 1 aromatic rings. The van der Waals surface area contributed by atoms with Gasteiger partial charge >= 0.3 is 11.8 Å². The molecular weight excluding hydrogens is 368 g/mol. The molecular formula is C22H32N4O3. The third kappa shape index (κ3) is 5.08. The lowest BCUT2D eigenvalue weighted by atomic mass is 10.1. The largest absolute Gasteiger partial charge is 0.375 e. The summed E-state index contributed by atoms with van der Waals surface area (Å²) in [5.74, 6) is -0.853. The molecule has 158 valence electrons. The van der Waals surface area contributed by atoms with E-state index in [1.54, 1.807) is 14.7 Å². The minimum atomic E-state index is -0.432. The highest BCUT2D eigenvalue weighted by Crippen LogP contribution is 2.17. The van der Waals surface area contributed by atoms with Crippen molar-refractivity contribution in [2.75, 3.05) is 57.8 Å². The van der Waals surface area contributed by atoms with Gasteiger partial charge in [-0.05, 0) is 43.5 Å². The fourth-order valence-corrected chi connectivity index (χ4v) is 3.87. The van der Waals surface area contributed by atoms with Crippen LogP contribution in [0.3, 0.4) is 0 Å². The highest BCUT2D eigenvalue weighted by Gasteiger charge is 2.31. The third-order valence-corrected chi connectivity index (χ3v) is 5.83. The summed E-state index contributed by atoms with van der Waals surface area (Å²) in [6.07, 6.45) is 4.22. The van der Waals surface area contributed by atoms with E-state index in [-0.39, 0.29) is 5.91 Å². The lowest BCUT2D eigenvalue weighted by Gasteiger charge is -2.35. The summed E-state index contributed by atoms with van der Waals surface area (Å²) in [6.45, 7) is 6.23. The zero-order valence-corrected chi connectivity index (χ0v) is 17.6. The van der Waals surface area contributed by atoms with Crippen LogP contribution in [-0.4, -0.2) is 85.3 Å². The van der Waals surface area contributed by atoms with E-state index < -0.39 is 11.8 Å². The molecule has 0 radical (unpaired) electrons. The van der Waals surface area contributed by atoms with E-state index in [9.17, 15) is 14.4 Å². The number of unbranched alkanes of at least 4 members (excludes halogenated alkanes) is 1. The summed E-state index contributed by atoms with van der Waals surface area (Å²) in [4.78, 5) is 44.7. The van der Waals surface area contributed by atoms with E-state index in [1.807, 2.05) is 24.3 Å². The van der Waals surface area contributed by atoms with Gasteiger partial charge in [-0.15, -0.1) is 0 Å². The molecule has 0 saturated carbocycles. The molecule has 3 rings (SSSR count). The number of carbonyl (C=O) groups excluding carboxylic acids is 3. The Kier molecular flexibility index (Phi) is 7.12. The summed E-state index contributed by atoms with van der Waals surface area (Å²) in [6, 6.07) is 7.71. The fourth-order valence-electron chi connectivity index (χ4n) is 3.87. The Morgan fingerprint density at radius 2 is 1.34 bits per heavy atom. The number of hydrogen-bond donors (Lipinski definition) is 0. The predicted molar refractivity (Wildman–Crippen MR) is 113 cm³/mol. The number of rotatable bonds is 5. The van der Waals surface area contributed by atoms with Gasteiger partial charge in [0, 0.05) is 64.1 Å². The molecule has 0 aliphatic carbocycles. The smallest absolute Gasteiger partial charge is 0.312 e. The first-order valence-corrected chi connectivity index (χ1v) is 10.7. The lowest BCUT2D eigenvalue weighted by Crippen LogP contribution is -2.54. The zero-order chi connectivity index (χ0) is 20.8. The van der Waals surface area contributed by atoms with Crippen LogP contribution < -0.4 is 4.90 Å². The standard InChI is InChI=1S/C22H32N4O3/c1-3-4-11-23(2)19-9-7-18(8-10-19)20(27)25-14-16-26(17-15-25)22(29)21(28)24-12-5-6-13-24/h7-10H,3-6,11-17H2,1-2H3. The maximum atomic E-state index is 12.8. The summed E-state index contributed by atoms with van der Waals surface area (Å²) in [7, 11) is 2.06. The molecule has 0 atom stereocenters. The molecule has 2 heterocycles. The van der Waals surface area contributed by atoms with Crippen molar-refractivity contribution < 1.29 is 14.4 Å². The monoisotopic (exact) mass is 400 g/mol. The molecule has 2 aliphatic heterocycles. The van der Waals surface area contributed by atoms with Gasteiger partial charge < -0.3 is 19.6 Å². The van der Waals surface area contributed by atoms with E-state index in [4.69, 9.17) is 0 Å². The van der Waals surface area contributed by atoms with E-state index >= 15 is 0 Å². The highest BCUT2D eigenvalue weighted by molar-refractivity contribution is 6.35. The Labute approximate surface area is 173 Å². The van der Waals surface area contributed by atoms with Crippen LogP contribution in [0.15, 0.2) is 24.3 Å². The first kappa shape index (κ1) is 21.1. The van der Waals surface area contributed by atoms with E-state index in [0.717, 1.165) is 37.9 Å². The average Bonchev–Trinajstić information content (AvgIpc) is 3.31. The van der Waals surface area contributed by atoms with Crippen LogP contribution in [0.4, 0.5) is 5.69 Å². The van der Waals surface area contributed by atoms with Gasteiger partial charge in [0.15, 0.2) is 0 Å². The van der Waals surface area contributed by atoms with Crippen LogP contribution in [0.5, 0.6) is 0 Å². The van der Waals surface area contributed by atoms with Gasteiger partial charge in [0.2, 0.25) is 0 Å². The number of nitrogens with zero attached hydrogens (tertiary/aromatic N) is 4. The minimum absolute atomic E-state index is 0.0225. The predicted octanol–water partition coefficient (Wildman–Crippen LogP) is 1.83. The van der Waals surface area contributed by atoms with Gasteiger partial charge in [-0.3, -0.25) is 14.4 Å². The van der Waals surface area contributed by atoms with Crippen LogP contribution in [-0.2, 0) is 9.59 Å². The Morgan fingerprint density at radius 1 is 0.828 bits per heavy atom. The van der Waals surface area contributed by atoms with Crippen molar-refractivity contribution in [3.05, 3.63) is 29.8 Å². The van der Waals surface area contributed by atoms with Crippen LogP contribution in [0.1, 0.15) is 43.0 Å². The normalized spacial score (nSPS) is 16.8. The van der Waals surface area contributed by atoms with Crippen molar-refractivity contribution in [1.82, 2.24) is 14.7 Å². The number of carbonyl (C=O) groups is 3. The molecule has 1 aromatic carbocycles. The molecule has 3 amide bonds. The number of hydrogen-bond acceptors (Lipinski definition) is 4. The first-order chi connectivity index (χ1) is 14.0. The molecule has 0 N–H and O–H groups in total. The molecule has 0 bridgehead atoms. The van der Waals surface area contributed by atoms with Crippen LogP contribution in [0.25, 0.3) is 0 Å². The van der Waals surface area contributed by atoms with Crippen LogP contribution >= 0.6 is 0 Å². The highest BCUT2D eigenvalue weighted by atomic mass is 16.2. The lowest BCUT2D eigenvalue weighted by molar-refractivity contribution is -0.152. The average molecular weight is 401 g/mol. The van der Waals surface area contributed by atoms with Gasteiger partial charge in [0.05, 0.1) is 0 Å². The Morgan fingerprint density at radius 3 is 1.90 bits per heavy atom. The third-order valence-electron chi connectivity index (χ3n) is 5.83. The van der Waals surface area contributed by atoms with Crippen molar-refractivity contribution in [3.63, 3.8) is 0 Å². The number of amides is 3. The van der Waals surface area contributed by atoms with Gasteiger partial charge in [-0.2, -0.15) is 0 Å². The molecule has 2 saturated heterocycles. The van der Waals surface area contributed by atoms with Gasteiger partial charge in [0.1, 0.15) is 0 Å². The molecule has 0 unspecified atom stereocenters. The van der Waals surface area contributed by atoms with E-state index in [2.05, 4.69) is 18.9 Å². The number of benzene rings is 1. The topological polar surface area (TPSA) is 64.2 Å². The van der Waals surface area contributed by atoms with Crippen LogP contribution in [0.2, 0.25) is 0 Å². The summed E-state index contributed by atoms with van der Waals surface area (Å²) >= 11 is 0. The second-order valence-corrected chi connectivity index (χ2v) is 7.91. The Bertz CT molecular complexity index is 720. The van der Waals surface area contributed by atoms with Gasteiger partial charge in [0.25, 0.3) is 5.91 Å².